The van der Waals surface area contributed by atoms with Crippen molar-refractivity contribution in [3.63, 3.8) is 0 Å². The highest BCUT2D eigenvalue weighted by Gasteiger charge is 2.27. The lowest BCUT2D eigenvalue weighted by molar-refractivity contribution is 0.123. The van der Waals surface area contributed by atoms with Crippen LogP contribution in [0.5, 0.6) is 5.75 Å². The molecule has 1 aromatic rings. The Balaban J connectivity index is 1.62. The highest BCUT2D eigenvalue weighted by atomic mass is 16.5. The summed E-state index contributed by atoms with van der Waals surface area (Å²) in [5, 5.41) is 6.80. The third kappa shape index (κ3) is 2.46. The number of ether oxygens (including phenoxy) is 1. The van der Waals surface area contributed by atoms with Crippen LogP contribution in [0.4, 0.5) is 5.69 Å². The van der Waals surface area contributed by atoms with E-state index in [-0.39, 0.29) is 0 Å². The molecule has 2 aliphatic rings. The molecule has 98 valence electrons. The van der Waals surface area contributed by atoms with Gasteiger partial charge in [-0.2, -0.15) is 0 Å². The molecule has 0 saturated carbocycles. The van der Waals surface area contributed by atoms with E-state index < -0.39 is 0 Å². The van der Waals surface area contributed by atoms with Crippen molar-refractivity contribution in [3.8, 4) is 5.75 Å². The predicted octanol–water partition coefficient (Wildman–Crippen LogP) is 2.42. The van der Waals surface area contributed by atoms with Gasteiger partial charge >= 0.3 is 0 Å². The molecule has 0 aromatic heterocycles. The first kappa shape index (κ1) is 11.8. The minimum absolute atomic E-state index is 0.331. The van der Waals surface area contributed by atoms with Crippen molar-refractivity contribution in [2.45, 2.75) is 26.2 Å². The van der Waals surface area contributed by atoms with Gasteiger partial charge in [-0.15, -0.1) is 0 Å². The Morgan fingerprint density at radius 3 is 2.89 bits per heavy atom. The van der Waals surface area contributed by atoms with E-state index in [1.165, 1.54) is 24.1 Å². The maximum absolute atomic E-state index is 6.01. The van der Waals surface area contributed by atoms with Gasteiger partial charge < -0.3 is 15.4 Å². The summed E-state index contributed by atoms with van der Waals surface area (Å²) in [5.41, 5.74) is 3.00. The van der Waals surface area contributed by atoms with Crippen molar-refractivity contribution in [1.82, 2.24) is 5.32 Å². The first-order valence-electron chi connectivity index (χ1n) is 6.96. The summed E-state index contributed by atoms with van der Waals surface area (Å²) in [5.74, 6) is 1.00. The molecule has 0 radical (unpaired) electrons. The zero-order valence-corrected chi connectivity index (χ0v) is 11.1. The van der Waals surface area contributed by atoms with Crippen LogP contribution in [-0.2, 0) is 6.42 Å². The van der Waals surface area contributed by atoms with Gasteiger partial charge in [-0.05, 0) is 44.0 Å². The standard InChI is InChI=1S/C15H22N2O/c1-15(5-8-16-9-6-15)11-18-13-3-2-12-4-7-17-14(12)10-13/h2-3,10,16-17H,4-9,11H2,1H3. The maximum atomic E-state index is 6.01. The largest absolute Gasteiger partial charge is 0.493 e. The van der Waals surface area contributed by atoms with Gasteiger partial charge in [0.15, 0.2) is 0 Å². The first-order valence-corrected chi connectivity index (χ1v) is 6.96. The summed E-state index contributed by atoms with van der Waals surface area (Å²) < 4.78 is 6.01. The average molecular weight is 246 g/mol. The quantitative estimate of drug-likeness (QED) is 0.859. The maximum Gasteiger partial charge on any atom is 0.121 e. The Kier molecular flexibility index (Phi) is 3.16. The number of hydrogen-bond acceptors (Lipinski definition) is 3. The molecule has 0 atom stereocenters. The van der Waals surface area contributed by atoms with Crippen LogP contribution in [0.15, 0.2) is 18.2 Å². The number of fused-ring (bicyclic) bond motifs is 1. The molecule has 1 saturated heterocycles. The predicted molar refractivity (Wildman–Crippen MR) is 74.3 cm³/mol. The molecule has 0 amide bonds. The molecule has 0 bridgehead atoms. The third-order valence-electron chi connectivity index (χ3n) is 4.19. The van der Waals surface area contributed by atoms with Crippen LogP contribution in [0.2, 0.25) is 0 Å². The minimum Gasteiger partial charge on any atom is -0.493 e. The highest BCUT2D eigenvalue weighted by molar-refractivity contribution is 5.58. The second-order valence-electron chi connectivity index (χ2n) is 5.85. The van der Waals surface area contributed by atoms with Crippen LogP contribution in [-0.4, -0.2) is 26.2 Å². The van der Waals surface area contributed by atoms with Crippen LogP contribution in [0.25, 0.3) is 0 Å². The number of benzene rings is 1. The highest BCUT2D eigenvalue weighted by Crippen LogP contribution is 2.31. The van der Waals surface area contributed by atoms with E-state index in [4.69, 9.17) is 4.74 Å². The summed E-state index contributed by atoms with van der Waals surface area (Å²) in [6.45, 7) is 6.45. The Morgan fingerprint density at radius 2 is 2.06 bits per heavy atom. The Morgan fingerprint density at radius 1 is 1.22 bits per heavy atom. The summed E-state index contributed by atoms with van der Waals surface area (Å²) in [7, 11) is 0. The van der Waals surface area contributed by atoms with Crippen LogP contribution < -0.4 is 15.4 Å². The van der Waals surface area contributed by atoms with Gasteiger partial charge in [0.05, 0.1) is 6.61 Å². The van der Waals surface area contributed by atoms with E-state index in [1.807, 2.05) is 0 Å². The van der Waals surface area contributed by atoms with Gasteiger partial charge in [-0.3, -0.25) is 0 Å². The second-order valence-corrected chi connectivity index (χ2v) is 5.85. The molecule has 3 rings (SSSR count). The number of piperidine rings is 1. The van der Waals surface area contributed by atoms with Crippen LogP contribution in [0, 0.1) is 5.41 Å². The van der Waals surface area contributed by atoms with Crippen molar-refractivity contribution < 1.29 is 4.74 Å². The minimum atomic E-state index is 0.331. The lowest BCUT2D eigenvalue weighted by Crippen LogP contribution is -2.38. The lowest BCUT2D eigenvalue weighted by Gasteiger charge is -2.33. The van der Waals surface area contributed by atoms with Crippen molar-refractivity contribution in [3.05, 3.63) is 23.8 Å². The molecular weight excluding hydrogens is 224 g/mol. The summed E-state index contributed by atoms with van der Waals surface area (Å²) >= 11 is 0. The zero-order valence-electron chi connectivity index (χ0n) is 11.1. The molecular formula is C15H22N2O. The Hall–Kier alpha value is -1.22. The average Bonchev–Trinajstić information content (AvgIpc) is 2.85. The van der Waals surface area contributed by atoms with Crippen LogP contribution in [0.3, 0.4) is 0 Å². The van der Waals surface area contributed by atoms with Crippen molar-refractivity contribution in [1.29, 1.82) is 0 Å². The van der Waals surface area contributed by atoms with Crippen molar-refractivity contribution >= 4 is 5.69 Å². The lowest BCUT2D eigenvalue weighted by atomic mass is 9.82. The summed E-state index contributed by atoms with van der Waals surface area (Å²) in [6, 6.07) is 6.44. The number of anilines is 1. The number of hydrogen-bond donors (Lipinski definition) is 2. The van der Waals surface area contributed by atoms with E-state index in [0.29, 0.717) is 5.41 Å². The monoisotopic (exact) mass is 246 g/mol. The fraction of sp³-hybridized carbons (Fsp3) is 0.600. The first-order chi connectivity index (χ1) is 8.75. The molecule has 0 aliphatic carbocycles. The SMILES string of the molecule is CC1(COc2ccc3c(c2)NCC3)CCNCC1. The molecule has 1 fully saturated rings. The molecule has 1 aromatic carbocycles. The van der Waals surface area contributed by atoms with Gasteiger partial charge in [-0.25, -0.2) is 0 Å². The fourth-order valence-corrected chi connectivity index (χ4v) is 2.79. The van der Waals surface area contributed by atoms with Gasteiger partial charge in [0.1, 0.15) is 5.75 Å². The molecule has 3 heteroatoms. The van der Waals surface area contributed by atoms with Gasteiger partial charge in [-0.1, -0.05) is 13.0 Å². The van der Waals surface area contributed by atoms with Gasteiger partial charge in [0, 0.05) is 23.7 Å². The van der Waals surface area contributed by atoms with E-state index in [1.54, 1.807) is 0 Å². The smallest absolute Gasteiger partial charge is 0.121 e. The molecule has 0 unspecified atom stereocenters. The van der Waals surface area contributed by atoms with E-state index in [0.717, 1.165) is 38.4 Å². The molecule has 0 spiro atoms. The van der Waals surface area contributed by atoms with Gasteiger partial charge in [0.25, 0.3) is 0 Å². The Labute approximate surface area is 109 Å². The summed E-state index contributed by atoms with van der Waals surface area (Å²) in [4.78, 5) is 0. The number of rotatable bonds is 3. The second kappa shape index (κ2) is 4.81. The van der Waals surface area contributed by atoms with Crippen LogP contribution >= 0.6 is 0 Å². The normalized spacial score (nSPS) is 21.2. The molecule has 3 nitrogen and oxygen atoms in total. The molecule has 2 heterocycles. The summed E-state index contributed by atoms with van der Waals surface area (Å²) in [6.07, 6.45) is 3.55. The van der Waals surface area contributed by atoms with Crippen molar-refractivity contribution in [2.75, 3.05) is 31.6 Å². The third-order valence-corrected chi connectivity index (χ3v) is 4.19. The van der Waals surface area contributed by atoms with Crippen molar-refractivity contribution in [2.24, 2.45) is 5.41 Å². The fourth-order valence-electron chi connectivity index (χ4n) is 2.79. The molecule has 2 N–H and O–H groups in total. The van der Waals surface area contributed by atoms with Gasteiger partial charge in [0.2, 0.25) is 0 Å². The number of nitrogens with one attached hydrogen (secondary N) is 2. The Bertz CT molecular complexity index is 425. The van der Waals surface area contributed by atoms with E-state index in [9.17, 15) is 0 Å². The zero-order chi connectivity index (χ0) is 12.4. The molecule has 18 heavy (non-hydrogen) atoms. The molecule has 2 aliphatic heterocycles. The van der Waals surface area contributed by atoms with Crippen LogP contribution in [0.1, 0.15) is 25.3 Å². The van der Waals surface area contributed by atoms with E-state index >= 15 is 0 Å². The topological polar surface area (TPSA) is 33.3 Å². The van der Waals surface area contributed by atoms with E-state index in [2.05, 4.69) is 35.8 Å².